The lowest BCUT2D eigenvalue weighted by Gasteiger charge is -2.31. The Kier molecular flexibility index (Phi) is 4.86. The number of rotatable bonds is 2. The molecule has 0 radical (unpaired) electrons. The standard InChI is InChI=1S/C14H18F4N2/c1-2-9-4-7-20(6-3-5-19-9)14-12(17)10(15)8-11(16)13(14)18/h8-9,19H,2-7H2,1H3. The topological polar surface area (TPSA) is 15.3 Å². The van der Waals surface area contributed by atoms with Crippen LogP contribution >= 0.6 is 0 Å². The summed E-state index contributed by atoms with van der Waals surface area (Å²) in [5.74, 6) is -5.34. The van der Waals surface area contributed by atoms with Gasteiger partial charge in [0.2, 0.25) is 0 Å². The zero-order valence-electron chi connectivity index (χ0n) is 11.4. The summed E-state index contributed by atoms with van der Waals surface area (Å²) in [5.41, 5.74) is -0.584. The van der Waals surface area contributed by atoms with Crippen LogP contribution in [0.5, 0.6) is 0 Å². The molecule has 0 spiro atoms. The highest BCUT2D eigenvalue weighted by Gasteiger charge is 2.25. The van der Waals surface area contributed by atoms with Crippen LogP contribution in [-0.2, 0) is 0 Å². The van der Waals surface area contributed by atoms with Crippen molar-refractivity contribution in [2.75, 3.05) is 24.5 Å². The van der Waals surface area contributed by atoms with Crippen molar-refractivity contribution in [2.45, 2.75) is 32.2 Å². The van der Waals surface area contributed by atoms with Gasteiger partial charge in [0.05, 0.1) is 0 Å². The van der Waals surface area contributed by atoms with Crippen molar-refractivity contribution in [1.29, 1.82) is 0 Å². The minimum Gasteiger partial charge on any atom is -0.367 e. The number of halogens is 4. The molecule has 1 N–H and O–H groups in total. The van der Waals surface area contributed by atoms with Gasteiger partial charge in [0.1, 0.15) is 5.69 Å². The summed E-state index contributed by atoms with van der Waals surface area (Å²) in [5, 5.41) is 3.33. The summed E-state index contributed by atoms with van der Waals surface area (Å²) in [6.07, 6.45) is 2.23. The second kappa shape index (κ2) is 6.43. The minimum atomic E-state index is -1.36. The number of nitrogens with zero attached hydrogens (tertiary/aromatic N) is 1. The van der Waals surface area contributed by atoms with Gasteiger partial charge in [-0.2, -0.15) is 0 Å². The maximum absolute atomic E-state index is 13.8. The number of hydrogen-bond donors (Lipinski definition) is 1. The van der Waals surface area contributed by atoms with E-state index in [9.17, 15) is 17.6 Å². The fourth-order valence-corrected chi connectivity index (χ4v) is 2.51. The molecule has 1 saturated heterocycles. The quantitative estimate of drug-likeness (QED) is 0.664. The Hall–Kier alpha value is -1.30. The molecule has 2 nitrogen and oxygen atoms in total. The van der Waals surface area contributed by atoms with Crippen molar-refractivity contribution in [3.05, 3.63) is 29.3 Å². The lowest BCUT2D eigenvalue weighted by Crippen LogP contribution is -2.40. The Balaban J connectivity index is 2.29. The normalized spacial score (nSPS) is 20.6. The largest absolute Gasteiger partial charge is 0.367 e. The van der Waals surface area contributed by atoms with E-state index in [1.54, 1.807) is 0 Å². The van der Waals surface area contributed by atoms with Crippen LogP contribution in [0.1, 0.15) is 26.2 Å². The zero-order chi connectivity index (χ0) is 14.7. The summed E-state index contributed by atoms with van der Waals surface area (Å²) in [6, 6.07) is 0.497. The van der Waals surface area contributed by atoms with Crippen molar-refractivity contribution >= 4 is 5.69 Å². The average Bonchev–Trinajstić information content (AvgIpc) is 2.39. The second-order valence-electron chi connectivity index (χ2n) is 5.01. The maximum atomic E-state index is 13.8. The molecule has 1 aliphatic heterocycles. The molecule has 20 heavy (non-hydrogen) atoms. The van der Waals surface area contributed by atoms with Crippen molar-refractivity contribution in [1.82, 2.24) is 5.32 Å². The van der Waals surface area contributed by atoms with Crippen LogP contribution < -0.4 is 10.2 Å². The molecule has 1 heterocycles. The van der Waals surface area contributed by atoms with E-state index in [1.807, 2.05) is 6.92 Å². The van der Waals surface area contributed by atoms with Crippen LogP contribution in [-0.4, -0.2) is 25.7 Å². The lowest BCUT2D eigenvalue weighted by molar-refractivity contribution is 0.421. The van der Waals surface area contributed by atoms with E-state index in [0.717, 1.165) is 13.0 Å². The Labute approximate surface area is 115 Å². The average molecular weight is 290 g/mol. The van der Waals surface area contributed by atoms with Crippen LogP contribution in [0, 0.1) is 23.3 Å². The van der Waals surface area contributed by atoms with Crippen LogP contribution in [0.3, 0.4) is 0 Å². The van der Waals surface area contributed by atoms with Gasteiger partial charge >= 0.3 is 0 Å². The summed E-state index contributed by atoms with van der Waals surface area (Å²) < 4.78 is 54.2. The van der Waals surface area contributed by atoms with Gasteiger partial charge in [-0.1, -0.05) is 6.92 Å². The maximum Gasteiger partial charge on any atom is 0.185 e. The number of anilines is 1. The third kappa shape index (κ3) is 3.06. The van der Waals surface area contributed by atoms with Crippen molar-refractivity contribution in [3.63, 3.8) is 0 Å². The van der Waals surface area contributed by atoms with E-state index in [2.05, 4.69) is 5.32 Å². The van der Waals surface area contributed by atoms with Crippen molar-refractivity contribution < 1.29 is 17.6 Å². The molecule has 1 fully saturated rings. The van der Waals surface area contributed by atoms with Gasteiger partial charge in [0.15, 0.2) is 23.3 Å². The molecule has 0 aliphatic carbocycles. The third-order valence-corrected chi connectivity index (χ3v) is 3.68. The molecular formula is C14H18F4N2. The number of hydrogen-bond acceptors (Lipinski definition) is 2. The molecule has 0 saturated carbocycles. The molecule has 112 valence electrons. The monoisotopic (exact) mass is 290 g/mol. The Morgan fingerprint density at radius 1 is 1.15 bits per heavy atom. The van der Waals surface area contributed by atoms with Crippen LogP contribution in [0.25, 0.3) is 0 Å². The van der Waals surface area contributed by atoms with E-state index in [-0.39, 0.29) is 12.1 Å². The smallest absolute Gasteiger partial charge is 0.185 e. The van der Waals surface area contributed by atoms with Crippen molar-refractivity contribution in [2.24, 2.45) is 0 Å². The Morgan fingerprint density at radius 2 is 1.80 bits per heavy atom. The molecule has 1 aromatic carbocycles. The van der Waals surface area contributed by atoms with Gasteiger partial charge in [0.25, 0.3) is 0 Å². The van der Waals surface area contributed by atoms with E-state index in [4.69, 9.17) is 0 Å². The molecular weight excluding hydrogens is 272 g/mol. The van der Waals surface area contributed by atoms with E-state index in [1.165, 1.54) is 4.90 Å². The molecule has 6 heteroatoms. The number of benzene rings is 1. The first-order valence-corrected chi connectivity index (χ1v) is 6.86. The van der Waals surface area contributed by atoms with E-state index >= 15 is 0 Å². The summed E-state index contributed by atoms with van der Waals surface area (Å²) in [7, 11) is 0. The minimum absolute atomic E-state index is 0.245. The highest BCUT2D eigenvalue weighted by Crippen LogP contribution is 2.28. The fraction of sp³-hybridized carbons (Fsp3) is 0.571. The SMILES string of the molecule is CCC1CCN(c2c(F)c(F)cc(F)c2F)CCCN1. The van der Waals surface area contributed by atoms with Gasteiger partial charge in [-0.3, -0.25) is 0 Å². The zero-order valence-corrected chi connectivity index (χ0v) is 11.4. The predicted octanol–water partition coefficient (Wildman–Crippen LogP) is 3.21. The highest BCUT2D eigenvalue weighted by atomic mass is 19.2. The van der Waals surface area contributed by atoms with Crippen LogP contribution in [0.2, 0.25) is 0 Å². The molecule has 1 aliphatic rings. The second-order valence-corrected chi connectivity index (χ2v) is 5.01. The highest BCUT2D eigenvalue weighted by molar-refractivity contribution is 5.50. The lowest BCUT2D eigenvalue weighted by atomic mass is 10.1. The molecule has 1 aromatic rings. The molecule has 2 rings (SSSR count). The molecule has 0 bridgehead atoms. The number of nitrogens with one attached hydrogen (secondary N) is 1. The molecule has 0 amide bonds. The molecule has 0 aromatic heterocycles. The van der Waals surface area contributed by atoms with Gasteiger partial charge < -0.3 is 10.2 Å². The van der Waals surface area contributed by atoms with Gasteiger partial charge in [-0.25, -0.2) is 17.6 Å². The summed E-state index contributed by atoms with van der Waals surface area (Å²) in [6.45, 7) is 3.46. The van der Waals surface area contributed by atoms with Crippen LogP contribution in [0.4, 0.5) is 23.2 Å². The predicted molar refractivity (Wildman–Crippen MR) is 69.8 cm³/mol. The summed E-state index contributed by atoms with van der Waals surface area (Å²) in [4.78, 5) is 1.40. The Morgan fingerprint density at radius 3 is 2.40 bits per heavy atom. The fourth-order valence-electron chi connectivity index (χ4n) is 2.51. The third-order valence-electron chi connectivity index (χ3n) is 3.68. The first-order valence-electron chi connectivity index (χ1n) is 6.86. The van der Waals surface area contributed by atoms with Crippen molar-refractivity contribution in [3.8, 4) is 0 Å². The van der Waals surface area contributed by atoms with E-state index in [0.29, 0.717) is 25.9 Å². The molecule has 1 unspecified atom stereocenters. The Bertz CT molecular complexity index is 452. The molecule has 1 atom stereocenters. The van der Waals surface area contributed by atoms with Gasteiger partial charge in [-0.15, -0.1) is 0 Å². The van der Waals surface area contributed by atoms with E-state index < -0.39 is 29.0 Å². The first-order chi connectivity index (χ1) is 9.54. The first kappa shape index (κ1) is 15.1. The van der Waals surface area contributed by atoms with Crippen LogP contribution in [0.15, 0.2) is 6.07 Å². The summed E-state index contributed by atoms with van der Waals surface area (Å²) >= 11 is 0. The van der Waals surface area contributed by atoms with Gasteiger partial charge in [0, 0.05) is 25.2 Å². The van der Waals surface area contributed by atoms with Gasteiger partial charge in [-0.05, 0) is 25.8 Å².